The van der Waals surface area contributed by atoms with Crippen LogP contribution in [0.5, 0.6) is 0 Å². The van der Waals surface area contributed by atoms with Crippen molar-refractivity contribution in [3.05, 3.63) is 53.0 Å². The average Bonchev–Trinajstić information content (AvgIpc) is 3.26. The Morgan fingerprint density at radius 1 is 1.27 bits per heavy atom. The van der Waals surface area contributed by atoms with Gasteiger partial charge in [-0.05, 0) is 44.5 Å². The van der Waals surface area contributed by atoms with Crippen LogP contribution in [0.3, 0.4) is 0 Å². The van der Waals surface area contributed by atoms with Crippen molar-refractivity contribution in [2.75, 3.05) is 13.1 Å². The molecule has 4 rings (SSSR count). The molecule has 3 heterocycles. The summed E-state index contributed by atoms with van der Waals surface area (Å²) >= 11 is 0. The first-order valence-electron chi connectivity index (χ1n) is 8.96. The smallest absolute Gasteiger partial charge is 0.270 e. The van der Waals surface area contributed by atoms with Crippen LogP contribution < -0.4 is 0 Å². The third-order valence-corrected chi connectivity index (χ3v) is 5.34. The quantitative estimate of drug-likeness (QED) is 0.759. The van der Waals surface area contributed by atoms with Gasteiger partial charge < -0.3 is 14.6 Å². The van der Waals surface area contributed by atoms with Crippen molar-refractivity contribution in [1.29, 1.82) is 0 Å². The molecule has 3 aromatic rings. The lowest BCUT2D eigenvalue weighted by Gasteiger charge is -2.16. The summed E-state index contributed by atoms with van der Waals surface area (Å²) in [5.74, 6) is -0.0142. The minimum atomic E-state index is -0.520. The third-order valence-electron chi connectivity index (χ3n) is 5.34. The predicted octanol–water partition coefficient (Wildman–Crippen LogP) is 2.19. The monoisotopic (exact) mass is 352 g/mol. The second-order valence-electron chi connectivity index (χ2n) is 7.43. The summed E-state index contributed by atoms with van der Waals surface area (Å²) in [6, 6.07) is 10.1. The molecule has 1 saturated heterocycles. The first kappa shape index (κ1) is 16.8. The van der Waals surface area contributed by atoms with Crippen LogP contribution in [0.2, 0.25) is 0 Å². The lowest BCUT2D eigenvalue weighted by molar-refractivity contribution is 0.0756. The zero-order chi connectivity index (χ0) is 18.4. The highest BCUT2D eigenvalue weighted by Crippen LogP contribution is 2.26. The predicted molar refractivity (Wildman–Crippen MR) is 100 cm³/mol. The number of nitrogens with one attached hydrogen (secondary N) is 1. The Kier molecular flexibility index (Phi) is 4.07. The molecule has 0 saturated carbocycles. The van der Waals surface area contributed by atoms with Gasteiger partial charge in [-0.2, -0.15) is 5.10 Å². The Morgan fingerprint density at radius 2 is 2.08 bits per heavy atom. The van der Waals surface area contributed by atoms with Gasteiger partial charge in [-0.1, -0.05) is 11.6 Å². The normalized spacial score (nSPS) is 20.2. The molecule has 0 radical (unpaired) electrons. The van der Waals surface area contributed by atoms with Gasteiger partial charge in [0.25, 0.3) is 5.91 Å². The standard InChI is InChI=1S/C20H24N4O2/c1-12-4-5-17-14(6-12)9-18(23(17)3)20(26)24-10-15(19(25)11-24)8-16-7-13(2)21-22-16/h4-7,9,15,19,25H,8,10-11H2,1-3H3,(H,21,22)/t15-,19-/m1/s1. The van der Waals surface area contributed by atoms with Crippen LogP contribution in [-0.2, 0) is 13.5 Å². The van der Waals surface area contributed by atoms with Gasteiger partial charge in [0.15, 0.2) is 0 Å². The van der Waals surface area contributed by atoms with E-state index in [0.29, 0.717) is 25.2 Å². The van der Waals surface area contributed by atoms with Gasteiger partial charge >= 0.3 is 0 Å². The van der Waals surface area contributed by atoms with Gasteiger partial charge in [0.2, 0.25) is 0 Å². The molecule has 1 amide bonds. The summed E-state index contributed by atoms with van der Waals surface area (Å²) in [6.07, 6.45) is 0.150. The van der Waals surface area contributed by atoms with Crippen molar-refractivity contribution < 1.29 is 9.90 Å². The van der Waals surface area contributed by atoms with E-state index >= 15 is 0 Å². The maximum Gasteiger partial charge on any atom is 0.270 e. The maximum absolute atomic E-state index is 13.0. The summed E-state index contributed by atoms with van der Waals surface area (Å²) in [5, 5.41) is 18.7. The van der Waals surface area contributed by atoms with Crippen molar-refractivity contribution >= 4 is 16.8 Å². The molecule has 1 fully saturated rings. The van der Waals surface area contributed by atoms with Crippen molar-refractivity contribution in [3.8, 4) is 0 Å². The molecular formula is C20H24N4O2. The lowest BCUT2D eigenvalue weighted by Crippen LogP contribution is -2.31. The number of amides is 1. The minimum Gasteiger partial charge on any atom is -0.391 e. The minimum absolute atomic E-state index is 0.0126. The number of hydrogen-bond acceptors (Lipinski definition) is 3. The molecule has 136 valence electrons. The van der Waals surface area contributed by atoms with Crippen LogP contribution in [0.25, 0.3) is 10.9 Å². The highest BCUT2D eigenvalue weighted by atomic mass is 16.3. The molecule has 6 heteroatoms. The van der Waals surface area contributed by atoms with E-state index in [4.69, 9.17) is 0 Å². The molecule has 2 N–H and O–H groups in total. The van der Waals surface area contributed by atoms with Crippen LogP contribution in [0.1, 0.15) is 27.4 Å². The second-order valence-corrected chi connectivity index (χ2v) is 7.43. The van der Waals surface area contributed by atoms with Crippen LogP contribution in [0.4, 0.5) is 0 Å². The van der Waals surface area contributed by atoms with Crippen LogP contribution in [0, 0.1) is 19.8 Å². The van der Waals surface area contributed by atoms with Crippen LogP contribution >= 0.6 is 0 Å². The number of rotatable bonds is 3. The zero-order valence-electron chi connectivity index (χ0n) is 15.4. The van der Waals surface area contributed by atoms with Crippen molar-refractivity contribution in [2.24, 2.45) is 13.0 Å². The number of aliphatic hydroxyl groups is 1. The molecule has 1 aliphatic heterocycles. The molecule has 0 spiro atoms. The third kappa shape index (κ3) is 2.90. The number of nitrogens with zero attached hydrogens (tertiary/aromatic N) is 3. The van der Waals surface area contributed by atoms with Crippen LogP contribution in [0.15, 0.2) is 30.3 Å². The van der Waals surface area contributed by atoms with E-state index in [9.17, 15) is 9.90 Å². The molecule has 1 aliphatic rings. The number of aryl methyl sites for hydroxylation is 3. The van der Waals surface area contributed by atoms with E-state index in [1.54, 1.807) is 4.90 Å². The Morgan fingerprint density at radius 3 is 2.81 bits per heavy atom. The van der Waals surface area contributed by atoms with Gasteiger partial charge in [0.05, 0.1) is 11.8 Å². The molecule has 2 aromatic heterocycles. The molecule has 0 aliphatic carbocycles. The average molecular weight is 352 g/mol. The number of aliphatic hydroxyl groups excluding tert-OH is 1. The van der Waals surface area contributed by atoms with Gasteiger partial charge in [-0.15, -0.1) is 0 Å². The van der Waals surface area contributed by atoms with E-state index in [0.717, 1.165) is 22.3 Å². The molecule has 6 nitrogen and oxygen atoms in total. The zero-order valence-corrected chi connectivity index (χ0v) is 15.4. The summed E-state index contributed by atoms with van der Waals surface area (Å²) in [7, 11) is 1.92. The summed E-state index contributed by atoms with van der Waals surface area (Å²) in [6.45, 7) is 4.92. The molecule has 26 heavy (non-hydrogen) atoms. The number of carbonyl (C=O) groups is 1. The van der Waals surface area contributed by atoms with E-state index in [-0.39, 0.29) is 11.8 Å². The first-order chi connectivity index (χ1) is 12.4. The van der Waals surface area contributed by atoms with Gasteiger partial charge in [0, 0.05) is 42.7 Å². The molecule has 2 atom stereocenters. The Balaban J connectivity index is 1.54. The number of β-amino-alcohol motifs (C(OH)–C–C–N with tert-alkyl or cyclic N) is 1. The molecule has 1 aromatic carbocycles. The molecule has 0 bridgehead atoms. The van der Waals surface area contributed by atoms with E-state index in [1.165, 1.54) is 5.56 Å². The SMILES string of the molecule is Cc1ccc2c(c1)cc(C(=O)N1C[C@@H](Cc3cc(C)[nH]n3)[C@H](O)C1)n2C. The highest BCUT2D eigenvalue weighted by Gasteiger charge is 2.35. The van der Waals surface area contributed by atoms with Crippen molar-refractivity contribution in [1.82, 2.24) is 19.7 Å². The highest BCUT2D eigenvalue weighted by molar-refractivity contribution is 5.99. The number of aromatic nitrogens is 3. The lowest BCUT2D eigenvalue weighted by atomic mass is 10.0. The maximum atomic E-state index is 13.0. The Labute approximate surface area is 152 Å². The van der Waals surface area contributed by atoms with E-state index in [2.05, 4.69) is 22.3 Å². The fourth-order valence-corrected chi connectivity index (χ4v) is 3.90. The van der Waals surface area contributed by atoms with Gasteiger partial charge in [-0.25, -0.2) is 0 Å². The van der Waals surface area contributed by atoms with Gasteiger partial charge in [-0.3, -0.25) is 9.89 Å². The largest absolute Gasteiger partial charge is 0.391 e. The molecule has 0 unspecified atom stereocenters. The van der Waals surface area contributed by atoms with Gasteiger partial charge in [0.1, 0.15) is 5.69 Å². The summed E-state index contributed by atoms with van der Waals surface area (Å²) in [4.78, 5) is 14.8. The number of benzene rings is 1. The Bertz CT molecular complexity index is 972. The number of fused-ring (bicyclic) bond motifs is 1. The Hall–Kier alpha value is -2.60. The van der Waals surface area contributed by atoms with Crippen LogP contribution in [-0.4, -0.2) is 49.9 Å². The fraction of sp³-hybridized carbons (Fsp3) is 0.400. The number of aromatic amines is 1. The number of carbonyl (C=O) groups excluding carboxylic acids is 1. The van der Waals surface area contributed by atoms with E-state index in [1.807, 2.05) is 43.7 Å². The second kappa shape index (κ2) is 6.29. The summed E-state index contributed by atoms with van der Waals surface area (Å²) in [5.41, 5.74) is 4.82. The first-order valence-corrected chi connectivity index (χ1v) is 8.96. The number of H-pyrrole nitrogens is 1. The van der Waals surface area contributed by atoms with Crippen molar-refractivity contribution in [2.45, 2.75) is 26.4 Å². The number of hydrogen-bond donors (Lipinski definition) is 2. The topological polar surface area (TPSA) is 74.2 Å². The van der Waals surface area contributed by atoms with E-state index < -0.39 is 6.10 Å². The fourth-order valence-electron chi connectivity index (χ4n) is 3.90. The number of likely N-dealkylation sites (tertiary alicyclic amines) is 1. The summed E-state index contributed by atoms with van der Waals surface area (Å²) < 4.78 is 1.94. The van der Waals surface area contributed by atoms with Crippen molar-refractivity contribution in [3.63, 3.8) is 0 Å². The molecular weight excluding hydrogens is 328 g/mol.